The highest BCUT2D eigenvalue weighted by atomic mass is 79.9. The molecule has 0 fully saturated rings. The van der Waals surface area contributed by atoms with E-state index in [-0.39, 0.29) is 0 Å². The lowest BCUT2D eigenvalue weighted by molar-refractivity contribution is -0.702. The van der Waals surface area contributed by atoms with E-state index in [0.29, 0.717) is 0 Å². The summed E-state index contributed by atoms with van der Waals surface area (Å²) in [5, 5.41) is 0.773. The Balaban J connectivity index is 1.92. The first kappa shape index (κ1) is 15.9. The van der Waals surface area contributed by atoms with Gasteiger partial charge in [0.1, 0.15) is 11.9 Å². The van der Waals surface area contributed by atoms with Gasteiger partial charge in [-0.1, -0.05) is 27.5 Å². The number of hydrogen-bond donors (Lipinski definition) is 0. The molecule has 0 radical (unpaired) electrons. The highest BCUT2D eigenvalue weighted by molar-refractivity contribution is 9.10. The van der Waals surface area contributed by atoms with Crippen molar-refractivity contribution in [3.63, 3.8) is 0 Å². The minimum Gasteiger partial charge on any atom is -0.233 e. The molecule has 0 amide bonds. The van der Waals surface area contributed by atoms with E-state index < -0.39 is 0 Å². The van der Waals surface area contributed by atoms with Crippen LogP contribution in [0.15, 0.2) is 59.2 Å². The summed E-state index contributed by atoms with van der Waals surface area (Å²) >= 11 is 9.63. The Bertz CT molecular complexity index is 851. The fourth-order valence-electron chi connectivity index (χ4n) is 3.44. The summed E-state index contributed by atoms with van der Waals surface area (Å²) in [7, 11) is 0. The summed E-state index contributed by atoms with van der Waals surface area (Å²) < 4.78 is 5.93. The van der Waals surface area contributed by atoms with E-state index in [1.807, 2.05) is 12.1 Å². The van der Waals surface area contributed by atoms with Gasteiger partial charge in [0.25, 0.3) is 5.82 Å². The topological polar surface area (TPSA) is 8.81 Å². The van der Waals surface area contributed by atoms with Crippen molar-refractivity contribution in [1.29, 1.82) is 0 Å². The van der Waals surface area contributed by atoms with E-state index in [4.69, 9.17) is 11.6 Å². The predicted octanol–water partition coefficient (Wildman–Crippen LogP) is 5.57. The summed E-state index contributed by atoms with van der Waals surface area (Å²) in [4.78, 5) is 0. The first-order chi connectivity index (χ1) is 11.7. The van der Waals surface area contributed by atoms with Gasteiger partial charge in [-0.3, -0.25) is 0 Å². The molecule has 4 rings (SSSR count). The largest absolute Gasteiger partial charge is 0.262 e. The third-order valence-electron chi connectivity index (χ3n) is 4.63. The minimum absolute atomic E-state index is 0.773. The lowest BCUT2D eigenvalue weighted by atomic mass is 10.1. The van der Waals surface area contributed by atoms with Crippen molar-refractivity contribution in [2.45, 2.75) is 32.2 Å². The van der Waals surface area contributed by atoms with Crippen LogP contribution >= 0.6 is 27.5 Å². The number of imidazole rings is 1. The van der Waals surface area contributed by atoms with Gasteiger partial charge in [0.2, 0.25) is 0 Å². The van der Waals surface area contributed by atoms with Crippen molar-refractivity contribution >= 4 is 27.5 Å². The lowest BCUT2D eigenvalue weighted by Crippen LogP contribution is -2.35. The second-order valence-corrected chi connectivity index (χ2v) is 7.61. The van der Waals surface area contributed by atoms with Crippen LogP contribution in [0.4, 0.5) is 0 Å². The van der Waals surface area contributed by atoms with Gasteiger partial charge in [0.15, 0.2) is 5.69 Å². The average molecular weight is 403 g/mol. The lowest BCUT2D eigenvalue weighted by Gasteiger charge is -2.06. The quantitative estimate of drug-likeness (QED) is 0.495. The SMILES string of the molecule is Clc1ccc(-n2c(-c3ccc(Br)cc3)c[n+]3c2CCCCC3)cc1. The van der Waals surface area contributed by atoms with Crippen molar-refractivity contribution in [2.75, 3.05) is 0 Å². The van der Waals surface area contributed by atoms with Crippen LogP contribution in [0.2, 0.25) is 5.02 Å². The predicted molar refractivity (Wildman–Crippen MR) is 102 cm³/mol. The van der Waals surface area contributed by atoms with Crippen LogP contribution in [0, 0.1) is 0 Å². The Hall–Kier alpha value is -1.58. The Morgan fingerprint density at radius 2 is 1.67 bits per heavy atom. The van der Waals surface area contributed by atoms with E-state index in [0.717, 1.165) is 22.5 Å². The van der Waals surface area contributed by atoms with Gasteiger partial charge in [-0.15, -0.1) is 0 Å². The second kappa shape index (κ2) is 6.73. The standard InChI is InChI=1S/C20H19BrClN2/c21-16-7-5-15(6-8-16)19-14-23-13-3-1-2-4-20(23)24(19)18-11-9-17(22)10-12-18/h5-12,14H,1-4,13H2/q+1. The molecule has 0 saturated heterocycles. The van der Waals surface area contributed by atoms with Gasteiger partial charge < -0.3 is 0 Å². The van der Waals surface area contributed by atoms with E-state index >= 15 is 0 Å². The number of halogens is 2. The van der Waals surface area contributed by atoms with Gasteiger partial charge in [0, 0.05) is 21.5 Å². The molecule has 0 unspecified atom stereocenters. The Kier molecular flexibility index (Phi) is 4.47. The van der Waals surface area contributed by atoms with Gasteiger partial charge in [0.05, 0.1) is 6.54 Å². The van der Waals surface area contributed by atoms with Gasteiger partial charge >= 0.3 is 0 Å². The van der Waals surface area contributed by atoms with Gasteiger partial charge in [-0.25, -0.2) is 4.57 Å². The molecule has 122 valence electrons. The molecule has 1 aliphatic rings. The Morgan fingerprint density at radius 3 is 2.42 bits per heavy atom. The maximum Gasteiger partial charge on any atom is 0.262 e. The van der Waals surface area contributed by atoms with Gasteiger partial charge in [-0.2, -0.15) is 4.57 Å². The van der Waals surface area contributed by atoms with Crippen molar-refractivity contribution in [2.24, 2.45) is 0 Å². The van der Waals surface area contributed by atoms with Crippen molar-refractivity contribution in [1.82, 2.24) is 4.57 Å². The molecule has 0 aliphatic carbocycles. The number of aromatic nitrogens is 2. The van der Waals surface area contributed by atoms with Crippen LogP contribution in [0.1, 0.15) is 25.1 Å². The smallest absolute Gasteiger partial charge is 0.233 e. The molecular weight excluding hydrogens is 384 g/mol. The molecule has 24 heavy (non-hydrogen) atoms. The van der Waals surface area contributed by atoms with Gasteiger partial charge in [-0.05, 0) is 67.8 Å². The van der Waals surface area contributed by atoms with Crippen LogP contribution in [0.3, 0.4) is 0 Å². The highest BCUT2D eigenvalue weighted by Crippen LogP contribution is 2.28. The van der Waals surface area contributed by atoms with E-state index in [9.17, 15) is 0 Å². The molecule has 0 spiro atoms. The highest BCUT2D eigenvalue weighted by Gasteiger charge is 2.26. The summed E-state index contributed by atoms with van der Waals surface area (Å²) in [5.74, 6) is 1.38. The van der Waals surface area contributed by atoms with Crippen LogP contribution in [-0.2, 0) is 13.0 Å². The molecule has 0 saturated carbocycles. The monoisotopic (exact) mass is 401 g/mol. The van der Waals surface area contributed by atoms with Crippen molar-refractivity contribution < 1.29 is 4.57 Å². The number of fused-ring (bicyclic) bond motifs is 1. The zero-order valence-corrected chi connectivity index (χ0v) is 15.7. The summed E-state index contributed by atoms with van der Waals surface area (Å²) in [6, 6.07) is 16.7. The molecule has 0 atom stereocenters. The zero-order chi connectivity index (χ0) is 16.5. The van der Waals surface area contributed by atoms with Crippen LogP contribution in [0.5, 0.6) is 0 Å². The van der Waals surface area contributed by atoms with Crippen LogP contribution < -0.4 is 4.57 Å². The molecule has 0 N–H and O–H groups in total. The minimum atomic E-state index is 0.773. The molecule has 2 aromatic carbocycles. The normalized spacial score (nSPS) is 14.2. The van der Waals surface area contributed by atoms with E-state index in [1.165, 1.54) is 42.0 Å². The van der Waals surface area contributed by atoms with E-state index in [1.54, 1.807) is 0 Å². The second-order valence-electron chi connectivity index (χ2n) is 6.25. The van der Waals surface area contributed by atoms with Crippen LogP contribution in [-0.4, -0.2) is 4.57 Å². The average Bonchev–Trinajstić information content (AvgIpc) is 2.79. The number of hydrogen-bond acceptors (Lipinski definition) is 0. The third-order valence-corrected chi connectivity index (χ3v) is 5.41. The zero-order valence-electron chi connectivity index (χ0n) is 13.4. The fraction of sp³-hybridized carbons (Fsp3) is 0.250. The van der Waals surface area contributed by atoms with E-state index in [2.05, 4.69) is 67.7 Å². The first-order valence-electron chi connectivity index (χ1n) is 8.38. The van der Waals surface area contributed by atoms with Crippen molar-refractivity contribution in [3.8, 4) is 16.9 Å². The van der Waals surface area contributed by atoms with Crippen LogP contribution in [0.25, 0.3) is 16.9 Å². The number of aryl methyl sites for hydroxylation is 1. The third kappa shape index (κ3) is 3.03. The Morgan fingerprint density at radius 1 is 0.917 bits per heavy atom. The van der Waals surface area contributed by atoms with Crippen molar-refractivity contribution in [3.05, 3.63) is 70.0 Å². The number of benzene rings is 2. The molecule has 4 heteroatoms. The summed E-state index contributed by atoms with van der Waals surface area (Å²) in [6.45, 7) is 1.10. The maximum absolute atomic E-state index is 6.10. The molecule has 1 aromatic heterocycles. The number of rotatable bonds is 2. The number of nitrogens with zero attached hydrogens (tertiary/aromatic N) is 2. The molecule has 3 aromatic rings. The summed E-state index contributed by atoms with van der Waals surface area (Å²) in [6.07, 6.45) is 7.22. The Labute approximate surface area is 155 Å². The first-order valence-corrected chi connectivity index (χ1v) is 9.55. The molecule has 0 bridgehead atoms. The fourth-order valence-corrected chi connectivity index (χ4v) is 3.83. The maximum atomic E-state index is 6.10. The molecular formula is C20H19BrClN2+. The molecule has 2 nitrogen and oxygen atoms in total. The molecule has 2 heterocycles. The summed E-state index contributed by atoms with van der Waals surface area (Å²) in [5.41, 5.74) is 3.64. The molecule has 1 aliphatic heterocycles.